The molecule has 0 bridgehead atoms. The smallest absolute Gasteiger partial charge is 0.193 e. The van der Waals surface area contributed by atoms with Gasteiger partial charge in [-0.1, -0.05) is 41.9 Å². The molecule has 0 fully saturated rings. The molecular weight excluding hydrogens is 326 g/mol. The highest BCUT2D eigenvalue weighted by atomic mass is 35.5. The molecule has 0 saturated heterocycles. The number of halogens is 1. The van der Waals surface area contributed by atoms with Crippen molar-refractivity contribution in [1.82, 2.24) is 0 Å². The molecule has 2 rings (SSSR count). The number of hydrogen-bond donors (Lipinski definition) is 2. The van der Waals surface area contributed by atoms with Crippen LogP contribution in [0.2, 0.25) is 5.02 Å². The Morgan fingerprint density at radius 3 is 2.67 bits per heavy atom. The van der Waals surface area contributed by atoms with Crippen molar-refractivity contribution in [2.45, 2.75) is 19.6 Å². The second kappa shape index (κ2) is 9.15. The van der Waals surface area contributed by atoms with Gasteiger partial charge in [0.15, 0.2) is 5.96 Å². The van der Waals surface area contributed by atoms with Crippen LogP contribution in [-0.2, 0) is 11.3 Å². The molecule has 2 aromatic carbocycles. The Morgan fingerprint density at radius 2 is 1.92 bits per heavy atom. The number of benzene rings is 2. The second-order valence-electron chi connectivity index (χ2n) is 5.30. The molecule has 0 radical (unpaired) electrons. The van der Waals surface area contributed by atoms with E-state index in [1.54, 1.807) is 13.2 Å². The summed E-state index contributed by atoms with van der Waals surface area (Å²) in [6, 6.07) is 15.1. The molecule has 1 unspecified atom stereocenters. The SMILES string of the molecule is COCc1ccccc1NC(N)=NCC(C)Oc1ccccc1Cl. The Hall–Kier alpha value is -2.24. The number of nitrogens with zero attached hydrogens (tertiary/aromatic N) is 1. The number of methoxy groups -OCH3 is 1. The highest BCUT2D eigenvalue weighted by molar-refractivity contribution is 6.32. The molecule has 24 heavy (non-hydrogen) atoms. The van der Waals surface area contributed by atoms with Gasteiger partial charge in [0.05, 0.1) is 18.2 Å². The number of para-hydroxylation sites is 2. The van der Waals surface area contributed by atoms with E-state index in [9.17, 15) is 0 Å². The average molecular weight is 348 g/mol. The molecule has 1 atom stereocenters. The first-order chi connectivity index (χ1) is 11.6. The summed E-state index contributed by atoms with van der Waals surface area (Å²) in [6.45, 7) is 2.83. The molecule has 0 aliphatic rings. The first-order valence-corrected chi connectivity index (χ1v) is 8.03. The highest BCUT2D eigenvalue weighted by Gasteiger charge is 2.07. The maximum atomic E-state index is 6.08. The number of guanidine groups is 1. The van der Waals surface area contributed by atoms with Crippen molar-refractivity contribution in [2.75, 3.05) is 19.0 Å². The topological polar surface area (TPSA) is 68.9 Å². The van der Waals surface area contributed by atoms with Gasteiger partial charge in [0.1, 0.15) is 11.9 Å². The number of hydrogen-bond acceptors (Lipinski definition) is 3. The normalized spacial score (nSPS) is 12.7. The van der Waals surface area contributed by atoms with Gasteiger partial charge in [0, 0.05) is 18.4 Å². The third-order valence-electron chi connectivity index (χ3n) is 3.26. The van der Waals surface area contributed by atoms with E-state index in [0.717, 1.165) is 11.3 Å². The molecule has 5 nitrogen and oxygen atoms in total. The van der Waals surface area contributed by atoms with Crippen LogP contribution in [-0.4, -0.2) is 25.7 Å². The van der Waals surface area contributed by atoms with Crippen LogP contribution in [0.15, 0.2) is 53.5 Å². The van der Waals surface area contributed by atoms with Gasteiger partial charge < -0.3 is 20.5 Å². The number of nitrogens with two attached hydrogens (primary N) is 1. The van der Waals surface area contributed by atoms with Gasteiger partial charge in [-0.05, 0) is 25.1 Å². The molecule has 0 amide bonds. The van der Waals surface area contributed by atoms with E-state index in [2.05, 4.69) is 10.3 Å². The summed E-state index contributed by atoms with van der Waals surface area (Å²) >= 11 is 6.08. The van der Waals surface area contributed by atoms with Crippen LogP contribution in [0.5, 0.6) is 5.75 Å². The zero-order valence-electron chi connectivity index (χ0n) is 13.8. The van der Waals surface area contributed by atoms with Gasteiger partial charge in [-0.15, -0.1) is 0 Å². The van der Waals surface area contributed by atoms with Crippen LogP contribution in [0.3, 0.4) is 0 Å². The first-order valence-electron chi connectivity index (χ1n) is 7.65. The highest BCUT2D eigenvalue weighted by Crippen LogP contribution is 2.24. The standard InChI is InChI=1S/C18H22ClN3O2/c1-13(24-17-10-6-4-8-15(17)19)11-21-18(20)22-16-9-5-3-7-14(16)12-23-2/h3-10,13H,11-12H2,1-2H3,(H3,20,21,22). The molecule has 0 saturated carbocycles. The van der Waals surface area contributed by atoms with Crippen molar-refractivity contribution in [3.05, 3.63) is 59.1 Å². The Balaban J connectivity index is 1.93. The van der Waals surface area contributed by atoms with Crippen molar-refractivity contribution >= 4 is 23.2 Å². The lowest BCUT2D eigenvalue weighted by Crippen LogP contribution is -2.26. The predicted molar refractivity (Wildman–Crippen MR) is 98.8 cm³/mol. The Kier molecular flexibility index (Phi) is 6.90. The lowest BCUT2D eigenvalue weighted by molar-refractivity contribution is 0.185. The van der Waals surface area contributed by atoms with Crippen molar-refractivity contribution in [2.24, 2.45) is 10.7 Å². The summed E-state index contributed by atoms with van der Waals surface area (Å²) in [7, 11) is 1.65. The van der Waals surface area contributed by atoms with Crippen molar-refractivity contribution < 1.29 is 9.47 Å². The summed E-state index contributed by atoms with van der Waals surface area (Å²) in [5.74, 6) is 0.965. The van der Waals surface area contributed by atoms with Gasteiger partial charge >= 0.3 is 0 Å². The third kappa shape index (κ3) is 5.44. The lowest BCUT2D eigenvalue weighted by atomic mass is 10.2. The number of rotatable bonds is 7. The summed E-state index contributed by atoms with van der Waals surface area (Å²) in [4.78, 5) is 4.32. The fourth-order valence-corrected chi connectivity index (χ4v) is 2.30. The molecular formula is C18H22ClN3O2. The molecule has 0 aliphatic heterocycles. The van der Waals surface area contributed by atoms with Crippen LogP contribution in [0.25, 0.3) is 0 Å². The van der Waals surface area contributed by atoms with Crippen LogP contribution < -0.4 is 15.8 Å². The largest absolute Gasteiger partial charge is 0.487 e. The zero-order chi connectivity index (χ0) is 17.4. The van der Waals surface area contributed by atoms with Crippen LogP contribution in [0, 0.1) is 0 Å². The molecule has 128 valence electrons. The average Bonchev–Trinajstić information content (AvgIpc) is 2.57. The Labute approximate surface area is 147 Å². The quantitative estimate of drug-likeness (QED) is 0.592. The fourth-order valence-electron chi connectivity index (χ4n) is 2.12. The second-order valence-corrected chi connectivity index (χ2v) is 5.71. The summed E-state index contributed by atoms with van der Waals surface area (Å²) < 4.78 is 10.9. The number of aliphatic imine (C=N–C) groups is 1. The monoisotopic (exact) mass is 347 g/mol. The summed E-state index contributed by atoms with van der Waals surface area (Å²) in [5, 5.41) is 3.67. The molecule has 0 heterocycles. The van der Waals surface area contributed by atoms with E-state index < -0.39 is 0 Å². The van der Waals surface area contributed by atoms with E-state index in [1.807, 2.05) is 49.4 Å². The fraction of sp³-hybridized carbons (Fsp3) is 0.278. The third-order valence-corrected chi connectivity index (χ3v) is 3.58. The predicted octanol–water partition coefficient (Wildman–Crippen LogP) is 3.68. The Bertz CT molecular complexity index is 691. The van der Waals surface area contributed by atoms with Gasteiger partial charge in [0.25, 0.3) is 0 Å². The maximum absolute atomic E-state index is 6.08. The van der Waals surface area contributed by atoms with Crippen LogP contribution in [0.1, 0.15) is 12.5 Å². The number of anilines is 1. The van der Waals surface area contributed by atoms with Crippen molar-refractivity contribution in [3.63, 3.8) is 0 Å². The van der Waals surface area contributed by atoms with E-state index in [0.29, 0.717) is 29.9 Å². The summed E-state index contributed by atoms with van der Waals surface area (Å²) in [5.41, 5.74) is 7.85. The molecule has 0 spiro atoms. The molecule has 0 aliphatic carbocycles. The van der Waals surface area contributed by atoms with E-state index in [1.165, 1.54) is 0 Å². The Morgan fingerprint density at radius 1 is 1.21 bits per heavy atom. The van der Waals surface area contributed by atoms with E-state index in [4.69, 9.17) is 26.8 Å². The molecule has 6 heteroatoms. The minimum absolute atomic E-state index is 0.153. The van der Waals surface area contributed by atoms with Crippen LogP contribution in [0.4, 0.5) is 5.69 Å². The number of ether oxygens (including phenoxy) is 2. The molecule has 3 N–H and O–H groups in total. The van der Waals surface area contributed by atoms with E-state index >= 15 is 0 Å². The van der Waals surface area contributed by atoms with Crippen molar-refractivity contribution in [3.8, 4) is 5.75 Å². The minimum Gasteiger partial charge on any atom is -0.487 e. The van der Waals surface area contributed by atoms with E-state index in [-0.39, 0.29) is 6.10 Å². The zero-order valence-corrected chi connectivity index (χ0v) is 14.6. The first kappa shape index (κ1) is 18.1. The van der Waals surface area contributed by atoms with Crippen LogP contribution >= 0.6 is 11.6 Å². The van der Waals surface area contributed by atoms with Crippen molar-refractivity contribution in [1.29, 1.82) is 0 Å². The maximum Gasteiger partial charge on any atom is 0.193 e. The summed E-state index contributed by atoms with van der Waals surface area (Å²) in [6.07, 6.45) is -0.153. The minimum atomic E-state index is -0.153. The number of nitrogens with one attached hydrogen (secondary N) is 1. The van der Waals surface area contributed by atoms with Gasteiger partial charge in [-0.3, -0.25) is 0 Å². The van der Waals surface area contributed by atoms with Gasteiger partial charge in [0.2, 0.25) is 0 Å². The molecule has 0 aromatic heterocycles. The molecule has 2 aromatic rings. The van der Waals surface area contributed by atoms with Gasteiger partial charge in [-0.2, -0.15) is 0 Å². The lowest BCUT2D eigenvalue weighted by Gasteiger charge is -2.15. The van der Waals surface area contributed by atoms with Gasteiger partial charge in [-0.25, -0.2) is 4.99 Å².